The maximum atomic E-state index is 12.1. The Bertz CT molecular complexity index is 897. The van der Waals surface area contributed by atoms with Crippen molar-refractivity contribution in [2.45, 2.75) is 12.5 Å². The fourth-order valence-corrected chi connectivity index (χ4v) is 4.55. The molecule has 2 aromatic carbocycles. The second-order valence-corrected chi connectivity index (χ2v) is 8.54. The zero-order chi connectivity index (χ0) is 19.3. The van der Waals surface area contributed by atoms with E-state index in [4.69, 9.17) is 9.47 Å². The lowest BCUT2D eigenvalue weighted by molar-refractivity contribution is -0.118. The Kier molecular flexibility index (Phi) is 5.85. The number of methoxy groups -OCH3 is 1. The van der Waals surface area contributed by atoms with Crippen molar-refractivity contribution in [1.29, 1.82) is 0 Å². The highest BCUT2D eigenvalue weighted by Crippen LogP contribution is 2.25. The number of carbonyl (C=O) groups excluding carboxylic acids is 1. The molecule has 0 bridgehead atoms. The Balaban J connectivity index is 1.50. The Morgan fingerprint density at radius 2 is 1.74 bits per heavy atom. The molecule has 0 radical (unpaired) electrons. The minimum absolute atomic E-state index is 0.0651. The van der Waals surface area contributed by atoms with E-state index in [1.807, 2.05) is 18.2 Å². The Morgan fingerprint density at radius 3 is 2.37 bits per heavy atom. The van der Waals surface area contributed by atoms with Crippen LogP contribution in [-0.4, -0.2) is 45.6 Å². The molecule has 0 spiro atoms. The van der Waals surface area contributed by atoms with Crippen molar-refractivity contribution in [3.8, 4) is 11.5 Å². The molecule has 1 amide bonds. The number of amides is 1. The van der Waals surface area contributed by atoms with Gasteiger partial charge in [0, 0.05) is 17.4 Å². The fraction of sp³-hybridized carbons (Fsp3) is 0.316. The number of ether oxygens (including phenoxy) is 2. The zero-order valence-electron chi connectivity index (χ0n) is 15.0. The number of anilines is 2. The molecule has 0 saturated carbocycles. The molecule has 144 valence electrons. The maximum Gasteiger partial charge on any atom is 0.262 e. The number of hydrogen-bond acceptors (Lipinski definition) is 6. The standard InChI is InChI=1S/C19H22N2O5S/c1-25-17-4-2-3-5-18(17)26-12-19(22)21-15-8-6-14(7-9-15)20-16-10-11-27(23,24)13-16/h2-9,16,20H,10-13H2,1H3,(H,21,22). The molecule has 1 fully saturated rings. The van der Waals surface area contributed by atoms with E-state index in [1.54, 1.807) is 37.4 Å². The van der Waals surface area contributed by atoms with Gasteiger partial charge in [0.25, 0.3) is 5.91 Å². The van der Waals surface area contributed by atoms with Crippen LogP contribution >= 0.6 is 0 Å². The van der Waals surface area contributed by atoms with Crippen molar-refractivity contribution in [2.24, 2.45) is 0 Å². The van der Waals surface area contributed by atoms with Crippen LogP contribution in [0, 0.1) is 0 Å². The molecule has 0 aromatic heterocycles. The van der Waals surface area contributed by atoms with Crippen molar-refractivity contribution in [2.75, 3.05) is 35.9 Å². The monoisotopic (exact) mass is 390 g/mol. The topological polar surface area (TPSA) is 93.7 Å². The molecule has 1 aliphatic rings. The van der Waals surface area contributed by atoms with Crippen LogP contribution in [0.25, 0.3) is 0 Å². The zero-order valence-corrected chi connectivity index (χ0v) is 15.8. The van der Waals surface area contributed by atoms with Crippen LogP contribution < -0.4 is 20.1 Å². The van der Waals surface area contributed by atoms with E-state index in [-0.39, 0.29) is 30.1 Å². The van der Waals surface area contributed by atoms with Gasteiger partial charge in [-0.2, -0.15) is 0 Å². The highest BCUT2D eigenvalue weighted by Gasteiger charge is 2.27. The number of rotatable bonds is 7. The molecule has 2 aromatic rings. The van der Waals surface area contributed by atoms with Gasteiger partial charge in [-0.1, -0.05) is 12.1 Å². The van der Waals surface area contributed by atoms with Crippen LogP contribution in [0.2, 0.25) is 0 Å². The van der Waals surface area contributed by atoms with Crippen molar-refractivity contribution in [1.82, 2.24) is 0 Å². The normalized spacial score (nSPS) is 17.9. The van der Waals surface area contributed by atoms with E-state index in [2.05, 4.69) is 10.6 Å². The molecule has 1 atom stereocenters. The molecule has 1 aliphatic heterocycles. The molecule has 1 unspecified atom stereocenters. The number of hydrogen-bond donors (Lipinski definition) is 2. The van der Waals surface area contributed by atoms with Crippen molar-refractivity contribution in [3.05, 3.63) is 48.5 Å². The molecule has 8 heteroatoms. The first-order chi connectivity index (χ1) is 12.9. The smallest absolute Gasteiger partial charge is 0.262 e. The summed E-state index contributed by atoms with van der Waals surface area (Å²) < 4.78 is 33.7. The van der Waals surface area contributed by atoms with Gasteiger partial charge in [-0.15, -0.1) is 0 Å². The van der Waals surface area contributed by atoms with Gasteiger partial charge in [-0.3, -0.25) is 4.79 Å². The van der Waals surface area contributed by atoms with Crippen LogP contribution in [0.4, 0.5) is 11.4 Å². The molecule has 2 N–H and O–H groups in total. The average molecular weight is 390 g/mol. The van der Waals surface area contributed by atoms with E-state index in [1.165, 1.54) is 0 Å². The van der Waals surface area contributed by atoms with Gasteiger partial charge in [0.15, 0.2) is 27.9 Å². The Hall–Kier alpha value is -2.74. The number of para-hydroxylation sites is 2. The Morgan fingerprint density at radius 1 is 1.07 bits per heavy atom. The third-order valence-electron chi connectivity index (χ3n) is 4.20. The second kappa shape index (κ2) is 8.30. The number of carbonyl (C=O) groups is 1. The van der Waals surface area contributed by atoms with Gasteiger partial charge in [0.05, 0.1) is 18.6 Å². The molecule has 7 nitrogen and oxygen atoms in total. The molecule has 27 heavy (non-hydrogen) atoms. The lowest BCUT2D eigenvalue weighted by Gasteiger charge is -2.13. The predicted molar refractivity (Wildman–Crippen MR) is 104 cm³/mol. The summed E-state index contributed by atoms with van der Waals surface area (Å²) in [7, 11) is -1.38. The van der Waals surface area contributed by atoms with Crippen molar-refractivity contribution < 1.29 is 22.7 Å². The van der Waals surface area contributed by atoms with E-state index in [9.17, 15) is 13.2 Å². The predicted octanol–water partition coefficient (Wildman–Crippen LogP) is 2.31. The fourth-order valence-electron chi connectivity index (χ4n) is 2.87. The van der Waals surface area contributed by atoms with Crippen LogP contribution in [-0.2, 0) is 14.6 Å². The minimum Gasteiger partial charge on any atom is -0.493 e. The average Bonchev–Trinajstić information content (AvgIpc) is 3.00. The molecule has 1 saturated heterocycles. The number of nitrogens with one attached hydrogen (secondary N) is 2. The van der Waals surface area contributed by atoms with Gasteiger partial charge < -0.3 is 20.1 Å². The molecule has 0 aliphatic carbocycles. The number of benzene rings is 2. The maximum absolute atomic E-state index is 12.1. The molecule has 3 rings (SSSR count). The quantitative estimate of drug-likeness (QED) is 0.754. The molecular formula is C19H22N2O5S. The van der Waals surface area contributed by atoms with Gasteiger partial charge in [0.2, 0.25) is 0 Å². The van der Waals surface area contributed by atoms with E-state index >= 15 is 0 Å². The summed E-state index contributed by atoms with van der Waals surface area (Å²) in [5.41, 5.74) is 1.45. The third-order valence-corrected chi connectivity index (χ3v) is 5.97. The molecular weight excluding hydrogens is 368 g/mol. The summed E-state index contributed by atoms with van der Waals surface area (Å²) in [6.07, 6.45) is 0.612. The minimum atomic E-state index is -2.92. The summed E-state index contributed by atoms with van der Waals surface area (Å²) >= 11 is 0. The highest BCUT2D eigenvalue weighted by atomic mass is 32.2. The first-order valence-electron chi connectivity index (χ1n) is 8.58. The van der Waals surface area contributed by atoms with E-state index in [0.29, 0.717) is 23.6 Å². The lowest BCUT2D eigenvalue weighted by Crippen LogP contribution is -2.21. The molecule has 1 heterocycles. The highest BCUT2D eigenvalue weighted by molar-refractivity contribution is 7.91. The summed E-state index contributed by atoms with van der Waals surface area (Å²) in [5.74, 6) is 1.16. The summed E-state index contributed by atoms with van der Waals surface area (Å²) in [4.78, 5) is 12.1. The van der Waals surface area contributed by atoms with Crippen LogP contribution in [0.15, 0.2) is 48.5 Å². The Labute approximate surface area is 158 Å². The second-order valence-electron chi connectivity index (χ2n) is 6.31. The first-order valence-corrected chi connectivity index (χ1v) is 10.4. The summed E-state index contributed by atoms with van der Waals surface area (Å²) in [6.45, 7) is -0.139. The van der Waals surface area contributed by atoms with Crippen LogP contribution in [0.3, 0.4) is 0 Å². The SMILES string of the molecule is COc1ccccc1OCC(=O)Nc1ccc(NC2CCS(=O)(=O)C2)cc1. The van der Waals surface area contributed by atoms with Gasteiger partial charge in [-0.25, -0.2) is 8.42 Å². The largest absolute Gasteiger partial charge is 0.493 e. The summed E-state index contributed by atoms with van der Waals surface area (Å²) in [5, 5.41) is 5.96. The lowest BCUT2D eigenvalue weighted by atomic mass is 10.2. The van der Waals surface area contributed by atoms with Gasteiger partial charge in [0.1, 0.15) is 0 Å². The third kappa shape index (κ3) is 5.37. The van der Waals surface area contributed by atoms with Crippen LogP contribution in [0.1, 0.15) is 6.42 Å². The van der Waals surface area contributed by atoms with Gasteiger partial charge >= 0.3 is 0 Å². The van der Waals surface area contributed by atoms with Crippen molar-refractivity contribution >= 4 is 27.1 Å². The van der Waals surface area contributed by atoms with Gasteiger partial charge in [-0.05, 0) is 42.8 Å². The van der Waals surface area contributed by atoms with E-state index < -0.39 is 9.84 Å². The number of sulfone groups is 1. The van der Waals surface area contributed by atoms with E-state index in [0.717, 1.165) is 5.69 Å². The summed E-state index contributed by atoms with van der Waals surface area (Å²) in [6, 6.07) is 14.2. The first kappa shape index (κ1) is 19.0. The van der Waals surface area contributed by atoms with Crippen molar-refractivity contribution in [3.63, 3.8) is 0 Å². The van der Waals surface area contributed by atoms with Crippen LogP contribution in [0.5, 0.6) is 11.5 Å².